The van der Waals surface area contributed by atoms with Crippen molar-refractivity contribution < 1.29 is 14.6 Å². The molecule has 0 aromatic heterocycles. The summed E-state index contributed by atoms with van der Waals surface area (Å²) in [5.74, 6) is -0.142. The molecular weight excluding hydrogens is 343 g/mol. The molecule has 0 radical (unpaired) electrons. The monoisotopic (exact) mass is 360 g/mol. The molecule has 0 heterocycles. The second-order valence-corrected chi connectivity index (χ2v) is 6.59. The molecule has 0 saturated heterocycles. The van der Waals surface area contributed by atoms with Crippen molar-refractivity contribution in [3.05, 3.63) is 35.9 Å². The topological polar surface area (TPSA) is 46.5 Å². The first kappa shape index (κ1) is 15.0. The fourth-order valence-electron chi connectivity index (χ4n) is 1.48. The SMILES string of the molecule is C=Cc1cc(C(C)(I)C(=O)O)ccc1OC(C)C. The van der Waals surface area contributed by atoms with Crippen LogP contribution < -0.4 is 4.74 Å². The normalized spacial score (nSPS) is 14.1. The Hall–Kier alpha value is -1.04. The molecule has 98 valence electrons. The van der Waals surface area contributed by atoms with Crippen molar-refractivity contribution in [2.24, 2.45) is 0 Å². The smallest absolute Gasteiger partial charge is 0.323 e. The standard InChI is InChI=1S/C14H17IO3/c1-5-10-8-11(14(4,15)13(16)17)6-7-12(10)18-9(2)3/h5-9H,1H2,2-4H3,(H,16,17). The molecule has 0 aliphatic heterocycles. The largest absolute Gasteiger partial charge is 0.490 e. The zero-order valence-corrected chi connectivity index (χ0v) is 12.9. The third-order valence-electron chi connectivity index (χ3n) is 2.54. The van der Waals surface area contributed by atoms with E-state index >= 15 is 0 Å². The molecule has 1 aromatic rings. The predicted molar refractivity (Wildman–Crippen MR) is 81.3 cm³/mol. The van der Waals surface area contributed by atoms with Gasteiger partial charge in [-0.1, -0.05) is 41.3 Å². The van der Waals surface area contributed by atoms with Gasteiger partial charge in [-0.3, -0.25) is 4.79 Å². The van der Waals surface area contributed by atoms with Crippen molar-refractivity contribution in [1.82, 2.24) is 0 Å². The molecule has 0 fully saturated rings. The molecule has 0 spiro atoms. The first-order chi connectivity index (χ1) is 8.28. The van der Waals surface area contributed by atoms with Gasteiger partial charge in [0, 0.05) is 5.56 Å². The molecule has 1 rings (SSSR count). The van der Waals surface area contributed by atoms with Gasteiger partial charge in [-0.15, -0.1) is 0 Å². The molecule has 0 saturated carbocycles. The van der Waals surface area contributed by atoms with Crippen LogP contribution in [0.5, 0.6) is 5.75 Å². The van der Waals surface area contributed by atoms with Crippen LogP contribution in [-0.2, 0) is 8.22 Å². The van der Waals surface area contributed by atoms with E-state index in [4.69, 9.17) is 4.74 Å². The minimum absolute atomic E-state index is 0.0695. The van der Waals surface area contributed by atoms with E-state index in [1.807, 2.05) is 42.5 Å². The molecule has 4 heteroatoms. The van der Waals surface area contributed by atoms with E-state index in [-0.39, 0.29) is 6.10 Å². The van der Waals surface area contributed by atoms with Gasteiger partial charge in [-0.25, -0.2) is 0 Å². The summed E-state index contributed by atoms with van der Waals surface area (Å²) in [5, 5.41) is 9.21. The average Bonchev–Trinajstić information content (AvgIpc) is 2.28. The van der Waals surface area contributed by atoms with Gasteiger partial charge in [-0.2, -0.15) is 0 Å². The molecule has 0 aliphatic carbocycles. The zero-order valence-electron chi connectivity index (χ0n) is 10.7. The number of aliphatic carboxylic acids is 1. The summed E-state index contributed by atoms with van der Waals surface area (Å²) in [6.07, 6.45) is 1.75. The summed E-state index contributed by atoms with van der Waals surface area (Å²) in [6, 6.07) is 5.39. The molecule has 18 heavy (non-hydrogen) atoms. The molecule has 1 N–H and O–H groups in total. The van der Waals surface area contributed by atoms with Crippen molar-refractivity contribution in [3.63, 3.8) is 0 Å². The van der Waals surface area contributed by atoms with Gasteiger partial charge in [0.05, 0.1) is 6.10 Å². The lowest BCUT2D eigenvalue weighted by atomic mass is 9.98. The summed E-state index contributed by atoms with van der Waals surface area (Å²) >= 11 is 1.93. The number of alkyl halides is 1. The third-order valence-corrected chi connectivity index (χ3v) is 3.62. The van der Waals surface area contributed by atoms with Crippen molar-refractivity contribution in [3.8, 4) is 5.75 Å². The van der Waals surface area contributed by atoms with E-state index in [0.29, 0.717) is 0 Å². The minimum atomic E-state index is -0.952. The number of hydrogen-bond donors (Lipinski definition) is 1. The van der Waals surface area contributed by atoms with E-state index in [2.05, 4.69) is 6.58 Å². The second-order valence-electron chi connectivity index (χ2n) is 4.43. The second kappa shape index (κ2) is 5.73. The van der Waals surface area contributed by atoms with E-state index in [1.54, 1.807) is 25.1 Å². The van der Waals surface area contributed by atoms with Gasteiger partial charge in [0.25, 0.3) is 0 Å². The van der Waals surface area contributed by atoms with Gasteiger partial charge in [0.1, 0.15) is 9.17 Å². The molecular formula is C14H17IO3. The maximum atomic E-state index is 11.2. The van der Waals surface area contributed by atoms with Crippen LogP contribution in [-0.4, -0.2) is 17.2 Å². The van der Waals surface area contributed by atoms with E-state index in [9.17, 15) is 9.90 Å². The number of carboxylic acids is 1. The molecule has 0 amide bonds. The Balaban J connectivity index is 3.21. The van der Waals surface area contributed by atoms with E-state index in [1.165, 1.54) is 0 Å². The molecule has 0 bridgehead atoms. The Morgan fingerprint density at radius 2 is 2.17 bits per heavy atom. The number of hydrogen-bond acceptors (Lipinski definition) is 2. The highest BCUT2D eigenvalue weighted by molar-refractivity contribution is 14.1. The fraction of sp³-hybridized carbons (Fsp3) is 0.357. The van der Waals surface area contributed by atoms with Crippen LogP contribution in [0.25, 0.3) is 6.08 Å². The van der Waals surface area contributed by atoms with Crippen molar-refractivity contribution in [2.75, 3.05) is 0 Å². The number of carboxylic acid groups (broad SMARTS) is 1. The van der Waals surface area contributed by atoms with Gasteiger partial charge >= 0.3 is 5.97 Å². The minimum Gasteiger partial charge on any atom is -0.490 e. The number of benzene rings is 1. The fourth-order valence-corrected chi connectivity index (χ4v) is 1.82. The Labute approximate surface area is 121 Å². The van der Waals surface area contributed by atoms with Crippen molar-refractivity contribution in [2.45, 2.75) is 30.3 Å². The van der Waals surface area contributed by atoms with Crippen molar-refractivity contribution in [1.29, 1.82) is 0 Å². The lowest BCUT2D eigenvalue weighted by Crippen LogP contribution is -2.25. The first-order valence-corrected chi connectivity index (χ1v) is 6.72. The molecule has 1 aromatic carbocycles. The summed E-state index contributed by atoms with van der Waals surface area (Å²) in [4.78, 5) is 11.2. The first-order valence-electron chi connectivity index (χ1n) is 5.65. The number of carbonyl (C=O) groups is 1. The van der Waals surface area contributed by atoms with Crippen LogP contribution in [0, 0.1) is 0 Å². The van der Waals surface area contributed by atoms with Gasteiger partial charge < -0.3 is 9.84 Å². The van der Waals surface area contributed by atoms with Gasteiger partial charge in [0.15, 0.2) is 0 Å². The van der Waals surface area contributed by atoms with Crippen LogP contribution in [0.1, 0.15) is 31.9 Å². The lowest BCUT2D eigenvalue weighted by Gasteiger charge is -2.20. The van der Waals surface area contributed by atoms with Crippen LogP contribution in [0.2, 0.25) is 0 Å². The lowest BCUT2D eigenvalue weighted by molar-refractivity contribution is -0.139. The summed E-state index contributed by atoms with van der Waals surface area (Å²) in [5.41, 5.74) is 1.53. The Morgan fingerprint density at radius 3 is 2.61 bits per heavy atom. The maximum Gasteiger partial charge on any atom is 0.323 e. The Kier molecular flexibility index (Phi) is 4.78. The van der Waals surface area contributed by atoms with Crippen molar-refractivity contribution >= 4 is 34.6 Å². The van der Waals surface area contributed by atoms with Crippen LogP contribution >= 0.6 is 22.6 Å². The summed E-state index contributed by atoms with van der Waals surface area (Å²) in [7, 11) is 0. The quantitative estimate of drug-likeness (QED) is 0.641. The molecule has 1 unspecified atom stereocenters. The molecule has 3 nitrogen and oxygen atoms in total. The number of rotatable bonds is 5. The Bertz CT molecular complexity index is 464. The number of halogens is 1. The highest BCUT2D eigenvalue weighted by Crippen LogP contribution is 2.35. The zero-order chi connectivity index (χ0) is 13.9. The predicted octanol–water partition coefficient (Wildman–Crippen LogP) is 3.85. The highest BCUT2D eigenvalue weighted by atomic mass is 127. The highest BCUT2D eigenvalue weighted by Gasteiger charge is 2.32. The van der Waals surface area contributed by atoms with E-state index < -0.39 is 9.39 Å². The van der Waals surface area contributed by atoms with Crippen LogP contribution in [0.4, 0.5) is 0 Å². The number of ether oxygens (including phenoxy) is 1. The van der Waals surface area contributed by atoms with Gasteiger partial charge in [0.2, 0.25) is 0 Å². The maximum absolute atomic E-state index is 11.2. The third kappa shape index (κ3) is 3.25. The van der Waals surface area contributed by atoms with E-state index in [0.717, 1.165) is 16.9 Å². The van der Waals surface area contributed by atoms with Gasteiger partial charge in [-0.05, 0) is 38.5 Å². The average molecular weight is 360 g/mol. The van der Waals surface area contributed by atoms with Crippen LogP contribution in [0.3, 0.4) is 0 Å². The molecule has 0 aliphatic rings. The summed E-state index contributed by atoms with van der Waals surface area (Å²) < 4.78 is 4.69. The summed E-state index contributed by atoms with van der Waals surface area (Å²) in [6.45, 7) is 9.29. The molecule has 1 atom stereocenters. The Morgan fingerprint density at radius 1 is 1.56 bits per heavy atom. The van der Waals surface area contributed by atoms with Crippen LogP contribution in [0.15, 0.2) is 24.8 Å².